The summed E-state index contributed by atoms with van der Waals surface area (Å²) in [5, 5.41) is 9.92. The molecule has 1 spiro atoms. The number of carbonyl (C=O) groups excluding carboxylic acids is 3. The largest absolute Gasteiger partial charge is 0.465 e. The van der Waals surface area contributed by atoms with Gasteiger partial charge in [-0.2, -0.15) is 0 Å². The van der Waals surface area contributed by atoms with Gasteiger partial charge in [0.2, 0.25) is 11.8 Å². The zero-order valence-electron chi connectivity index (χ0n) is 20.6. The molecule has 0 aromatic rings. The summed E-state index contributed by atoms with van der Waals surface area (Å²) < 4.78 is 11.9. The third-order valence-electron chi connectivity index (χ3n) is 7.47. The maximum absolute atomic E-state index is 13.9. The number of nitrogens with zero attached hydrogens (tertiary/aromatic N) is 2. The molecule has 2 bridgehead atoms. The van der Waals surface area contributed by atoms with Crippen LogP contribution in [0.4, 0.5) is 0 Å². The Kier molecular flexibility index (Phi) is 8.93. The van der Waals surface area contributed by atoms with Crippen LogP contribution >= 0.6 is 0 Å². The Bertz CT molecular complexity index is 785. The lowest BCUT2D eigenvalue weighted by Gasteiger charge is -2.38. The lowest BCUT2D eigenvalue weighted by Crippen LogP contribution is -2.58. The summed E-state index contributed by atoms with van der Waals surface area (Å²) >= 11 is 0. The fraction of sp³-hybridized carbons (Fsp3) is 0.731. The summed E-state index contributed by atoms with van der Waals surface area (Å²) in [7, 11) is 0. The number of hydrogen-bond acceptors (Lipinski definition) is 6. The smallest absolute Gasteiger partial charge is 0.312 e. The van der Waals surface area contributed by atoms with Gasteiger partial charge < -0.3 is 24.4 Å². The molecule has 34 heavy (non-hydrogen) atoms. The van der Waals surface area contributed by atoms with Crippen LogP contribution in [0.2, 0.25) is 0 Å². The zero-order chi connectivity index (χ0) is 24.9. The molecular weight excluding hydrogens is 436 g/mol. The minimum absolute atomic E-state index is 0.201. The average Bonchev–Trinajstić information content (AvgIpc) is 3.47. The number of hydrogen-bond donors (Lipinski definition) is 1. The highest BCUT2D eigenvalue weighted by Crippen LogP contribution is 2.59. The van der Waals surface area contributed by atoms with Crippen molar-refractivity contribution in [2.45, 2.75) is 82.6 Å². The van der Waals surface area contributed by atoms with E-state index in [2.05, 4.69) is 20.1 Å². The quantitative estimate of drug-likeness (QED) is 0.235. The second-order valence-corrected chi connectivity index (χ2v) is 9.71. The Hall–Kier alpha value is -2.19. The summed E-state index contributed by atoms with van der Waals surface area (Å²) in [6, 6.07) is -1.45. The molecule has 0 aromatic carbocycles. The molecule has 8 heteroatoms. The van der Waals surface area contributed by atoms with Crippen LogP contribution < -0.4 is 0 Å². The first-order chi connectivity index (χ1) is 16.4. The summed E-state index contributed by atoms with van der Waals surface area (Å²) in [6.45, 7) is 12.2. The Labute approximate surface area is 202 Å². The van der Waals surface area contributed by atoms with Crippen LogP contribution in [0.25, 0.3) is 0 Å². The minimum Gasteiger partial charge on any atom is -0.465 e. The number of fused-ring (bicyclic) bond motifs is 1. The van der Waals surface area contributed by atoms with E-state index in [1.54, 1.807) is 24.0 Å². The number of rotatable bonds is 14. The van der Waals surface area contributed by atoms with E-state index in [1.807, 2.05) is 0 Å². The predicted octanol–water partition coefficient (Wildman–Crippen LogP) is 2.46. The number of esters is 1. The molecule has 6 atom stereocenters. The molecule has 190 valence electrons. The maximum Gasteiger partial charge on any atom is 0.312 e. The molecule has 2 unspecified atom stereocenters. The van der Waals surface area contributed by atoms with E-state index < -0.39 is 41.6 Å². The fourth-order valence-electron chi connectivity index (χ4n) is 5.87. The van der Waals surface area contributed by atoms with Gasteiger partial charge in [0.05, 0.1) is 37.2 Å². The highest BCUT2D eigenvalue weighted by atomic mass is 16.6. The average molecular weight is 477 g/mol. The van der Waals surface area contributed by atoms with Gasteiger partial charge in [0.25, 0.3) is 0 Å². The lowest BCUT2D eigenvalue weighted by atomic mass is 9.70. The number of aliphatic hydroxyl groups excluding tert-OH is 1. The standard InChI is InChI=1S/C26H40N2O6/c1-5-8-10-15-27(14-7-3)24(31)22-26-13-12-19(34-26)20(25(32)33-16-11-9-6-2)21(26)23(30)28(22)18(4)17-29/h6-7,18-22,29H,2-3,5,8-17H2,1,4H3/t18-,19+,20-,21+,22?,26?/m1/s1. The van der Waals surface area contributed by atoms with Gasteiger partial charge in [0.1, 0.15) is 11.6 Å². The highest BCUT2D eigenvalue weighted by molar-refractivity contribution is 5.98. The topological polar surface area (TPSA) is 96.4 Å². The monoisotopic (exact) mass is 476 g/mol. The van der Waals surface area contributed by atoms with E-state index in [4.69, 9.17) is 9.47 Å². The summed E-state index contributed by atoms with van der Waals surface area (Å²) in [4.78, 5) is 44.0. The number of amides is 2. The zero-order valence-corrected chi connectivity index (χ0v) is 20.6. The van der Waals surface area contributed by atoms with Crippen LogP contribution in [0.3, 0.4) is 0 Å². The molecule has 8 nitrogen and oxygen atoms in total. The summed E-state index contributed by atoms with van der Waals surface area (Å²) in [6.07, 6.45) is 8.42. The Balaban J connectivity index is 1.91. The van der Waals surface area contributed by atoms with Crippen molar-refractivity contribution >= 4 is 17.8 Å². The van der Waals surface area contributed by atoms with E-state index >= 15 is 0 Å². The normalized spacial score (nSPS) is 30.2. The lowest BCUT2D eigenvalue weighted by molar-refractivity contribution is -0.156. The fourth-order valence-corrected chi connectivity index (χ4v) is 5.87. The van der Waals surface area contributed by atoms with E-state index in [0.717, 1.165) is 25.7 Å². The summed E-state index contributed by atoms with van der Waals surface area (Å²) in [5.74, 6) is -2.45. The molecule has 0 aromatic heterocycles. The van der Waals surface area contributed by atoms with Crippen molar-refractivity contribution in [2.75, 3.05) is 26.3 Å². The first kappa shape index (κ1) is 26.4. The molecule has 3 aliphatic heterocycles. The Morgan fingerprint density at radius 2 is 2.09 bits per heavy atom. The molecule has 3 fully saturated rings. The van der Waals surface area contributed by atoms with Crippen molar-refractivity contribution < 1.29 is 29.0 Å². The predicted molar refractivity (Wildman–Crippen MR) is 128 cm³/mol. The number of aliphatic hydroxyl groups is 1. The second-order valence-electron chi connectivity index (χ2n) is 9.71. The van der Waals surface area contributed by atoms with Crippen LogP contribution in [-0.2, 0) is 23.9 Å². The molecule has 2 amide bonds. The van der Waals surface area contributed by atoms with Crippen LogP contribution in [0, 0.1) is 11.8 Å². The van der Waals surface area contributed by atoms with E-state index in [0.29, 0.717) is 32.4 Å². The van der Waals surface area contributed by atoms with Gasteiger partial charge in [-0.1, -0.05) is 31.9 Å². The van der Waals surface area contributed by atoms with Crippen molar-refractivity contribution in [3.8, 4) is 0 Å². The maximum atomic E-state index is 13.9. The van der Waals surface area contributed by atoms with Crippen molar-refractivity contribution in [2.24, 2.45) is 11.8 Å². The number of unbranched alkanes of at least 4 members (excludes halogenated alkanes) is 3. The summed E-state index contributed by atoms with van der Waals surface area (Å²) in [5.41, 5.74) is -1.07. The van der Waals surface area contributed by atoms with Crippen molar-refractivity contribution in [3.63, 3.8) is 0 Å². The Morgan fingerprint density at radius 1 is 1.32 bits per heavy atom. The molecule has 3 heterocycles. The van der Waals surface area contributed by atoms with Crippen LogP contribution in [0.1, 0.15) is 58.8 Å². The van der Waals surface area contributed by atoms with Gasteiger partial charge in [-0.05, 0) is 39.0 Å². The van der Waals surface area contributed by atoms with E-state index in [9.17, 15) is 19.5 Å². The van der Waals surface area contributed by atoms with Gasteiger partial charge >= 0.3 is 5.97 Å². The molecule has 0 aliphatic carbocycles. The van der Waals surface area contributed by atoms with E-state index in [-0.39, 0.29) is 25.0 Å². The van der Waals surface area contributed by atoms with Crippen molar-refractivity contribution in [1.82, 2.24) is 9.80 Å². The second kappa shape index (κ2) is 11.5. The number of allylic oxidation sites excluding steroid dienone is 1. The molecular formula is C26H40N2O6. The van der Waals surface area contributed by atoms with Crippen LogP contribution in [0.5, 0.6) is 0 Å². The SMILES string of the molecule is C=CCCCOC(=O)[C@@H]1[C@@H]2CCC3(O2)C(C(=O)N(CC=C)CCCCC)N([C@H](C)CO)C(=O)[C@H]13. The van der Waals surface area contributed by atoms with Crippen molar-refractivity contribution in [3.05, 3.63) is 25.3 Å². The minimum atomic E-state index is -1.07. The van der Waals surface area contributed by atoms with Crippen LogP contribution in [0.15, 0.2) is 25.3 Å². The molecule has 1 N–H and O–H groups in total. The first-order valence-corrected chi connectivity index (χ1v) is 12.7. The first-order valence-electron chi connectivity index (χ1n) is 12.7. The van der Waals surface area contributed by atoms with Gasteiger partial charge in [-0.3, -0.25) is 14.4 Å². The van der Waals surface area contributed by atoms with Crippen LogP contribution in [-0.4, -0.2) is 82.8 Å². The van der Waals surface area contributed by atoms with E-state index in [1.165, 1.54) is 4.90 Å². The van der Waals surface area contributed by atoms with Gasteiger partial charge in [0.15, 0.2) is 0 Å². The molecule has 0 saturated carbocycles. The Morgan fingerprint density at radius 3 is 2.74 bits per heavy atom. The molecule has 3 aliphatic rings. The molecule has 3 saturated heterocycles. The van der Waals surface area contributed by atoms with Crippen molar-refractivity contribution in [1.29, 1.82) is 0 Å². The molecule has 3 rings (SSSR count). The third-order valence-corrected chi connectivity index (χ3v) is 7.47. The number of carbonyl (C=O) groups is 3. The molecule has 0 radical (unpaired) electrons. The third kappa shape index (κ3) is 4.67. The highest BCUT2D eigenvalue weighted by Gasteiger charge is 2.75. The van der Waals surface area contributed by atoms with Gasteiger partial charge in [-0.15, -0.1) is 13.2 Å². The van der Waals surface area contributed by atoms with Gasteiger partial charge in [-0.25, -0.2) is 0 Å². The number of ether oxygens (including phenoxy) is 2. The van der Waals surface area contributed by atoms with Gasteiger partial charge in [0, 0.05) is 13.1 Å². The number of likely N-dealkylation sites (tertiary alicyclic amines) is 1.